The third-order valence-corrected chi connectivity index (χ3v) is 4.06. The molecule has 2 amide bonds. The van der Waals surface area contributed by atoms with Crippen molar-refractivity contribution in [1.29, 1.82) is 0 Å². The SMILES string of the molecule is NC(=O)N/N=C\c1cc(CN2CCCCCC2)cs1. The molecular weight excluding hydrogens is 260 g/mol. The summed E-state index contributed by atoms with van der Waals surface area (Å²) in [4.78, 5) is 14.0. The summed E-state index contributed by atoms with van der Waals surface area (Å²) >= 11 is 1.63. The van der Waals surface area contributed by atoms with E-state index in [0.717, 1.165) is 11.4 Å². The third-order valence-electron chi connectivity index (χ3n) is 3.15. The average molecular weight is 280 g/mol. The first-order chi connectivity index (χ1) is 9.24. The number of hydrogen-bond acceptors (Lipinski definition) is 4. The number of hydrazone groups is 1. The predicted molar refractivity (Wildman–Crippen MR) is 78.4 cm³/mol. The minimum Gasteiger partial charge on any atom is -0.350 e. The zero-order valence-corrected chi connectivity index (χ0v) is 11.8. The lowest BCUT2D eigenvalue weighted by molar-refractivity contribution is 0.249. The molecule has 0 saturated carbocycles. The van der Waals surface area contributed by atoms with Crippen molar-refractivity contribution < 1.29 is 4.79 Å². The summed E-state index contributed by atoms with van der Waals surface area (Å²) in [6.07, 6.45) is 6.96. The summed E-state index contributed by atoms with van der Waals surface area (Å²) in [6, 6.07) is 1.47. The number of carbonyl (C=O) groups is 1. The van der Waals surface area contributed by atoms with Crippen molar-refractivity contribution in [2.45, 2.75) is 32.2 Å². The van der Waals surface area contributed by atoms with Crippen LogP contribution in [0.5, 0.6) is 0 Å². The first-order valence-electron chi connectivity index (χ1n) is 6.62. The van der Waals surface area contributed by atoms with Crippen LogP contribution in [0.2, 0.25) is 0 Å². The van der Waals surface area contributed by atoms with Crippen LogP contribution in [0, 0.1) is 0 Å². The Hall–Kier alpha value is -1.40. The number of likely N-dealkylation sites (tertiary alicyclic amines) is 1. The van der Waals surface area contributed by atoms with Crippen LogP contribution < -0.4 is 11.2 Å². The minimum absolute atomic E-state index is 0.641. The monoisotopic (exact) mass is 280 g/mol. The van der Waals surface area contributed by atoms with Crippen molar-refractivity contribution in [2.75, 3.05) is 13.1 Å². The molecule has 1 aromatic rings. The van der Waals surface area contributed by atoms with Crippen LogP contribution in [0.4, 0.5) is 4.79 Å². The van der Waals surface area contributed by atoms with Gasteiger partial charge in [0.05, 0.1) is 6.21 Å². The van der Waals surface area contributed by atoms with Gasteiger partial charge in [-0.15, -0.1) is 11.3 Å². The minimum atomic E-state index is -0.641. The summed E-state index contributed by atoms with van der Waals surface area (Å²) in [6.45, 7) is 3.40. The van der Waals surface area contributed by atoms with E-state index in [-0.39, 0.29) is 0 Å². The number of nitrogens with two attached hydrogens (primary N) is 1. The molecule has 0 aliphatic carbocycles. The number of rotatable bonds is 4. The van der Waals surface area contributed by atoms with E-state index in [9.17, 15) is 4.79 Å². The van der Waals surface area contributed by atoms with Gasteiger partial charge >= 0.3 is 6.03 Å². The maximum Gasteiger partial charge on any atom is 0.332 e. The molecule has 0 atom stereocenters. The van der Waals surface area contributed by atoms with Crippen LogP contribution in [0.15, 0.2) is 16.5 Å². The third kappa shape index (κ3) is 5.00. The molecule has 1 aliphatic rings. The van der Waals surface area contributed by atoms with E-state index in [4.69, 9.17) is 5.73 Å². The largest absolute Gasteiger partial charge is 0.350 e. The topological polar surface area (TPSA) is 70.7 Å². The van der Waals surface area contributed by atoms with Gasteiger partial charge in [-0.2, -0.15) is 5.10 Å². The number of carbonyl (C=O) groups excluding carboxylic acids is 1. The quantitative estimate of drug-likeness (QED) is 0.655. The first kappa shape index (κ1) is 14.0. The molecule has 1 aliphatic heterocycles. The van der Waals surface area contributed by atoms with Gasteiger partial charge in [0, 0.05) is 11.4 Å². The van der Waals surface area contributed by atoms with E-state index in [1.807, 2.05) is 0 Å². The molecule has 1 fully saturated rings. The van der Waals surface area contributed by atoms with Gasteiger partial charge in [-0.05, 0) is 42.9 Å². The summed E-state index contributed by atoms with van der Waals surface area (Å²) in [7, 11) is 0. The van der Waals surface area contributed by atoms with E-state index in [1.165, 1.54) is 44.3 Å². The number of amides is 2. The fourth-order valence-electron chi connectivity index (χ4n) is 2.26. The van der Waals surface area contributed by atoms with E-state index in [0.29, 0.717) is 0 Å². The van der Waals surface area contributed by atoms with E-state index >= 15 is 0 Å². The molecule has 19 heavy (non-hydrogen) atoms. The Bertz CT molecular complexity index is 436. The van der Waals surface area contributed by atoms with Crippen LogP contribution >= 0.6 is 11.3 Å². The maximum absolute atomic E-state index is 10.5. The predicted octanol–water partition coefficient (Wildman–Crippen LogP) is 2.13. The van der Waals surface area contributed by atoms with Gasteiger partial charge in [0.2, 0.25) is 0 Å². The number of nitrogens with zero attached hydrogens (tertiary/aromatic N) is 2. The normalized spacial score (nSPS) is 17.5. The van der Waals surface area contributed by atoms with Crippen molar-refractivity contribution in [2.24, 2.45) is 10.8 Å². The van der Waals surface area contributed by atoms with Gasteiger partial charge in [-0.3, -0.25) is 4.90 Å². The van der Waals surface area contributed by atoms with Crippen LogP contribution in [0.25, 0.3) is 0 Å². The van der Waals surface area contributed by atoms with Crippen molar-refractivity contribution in [3.8, 4) is 0 Å². The summed E-state index contributed by atoms with van der Waals surface area (Å²) in [5.74, 6) is 0. The summed E-state index contributed by atoms with van der Waals surface area (Å²) < 4.78 is 0. The van der Waals surface area contributed by atoms with Crippen molar-refractivity contribution >= 4 is 23.6 Å². The van der Waals surface area contributed by atoms with Crippen molar-refractivity contribution in [1.82, 2.24) is 10.3 Å². The van der Waals surface area contributed by atoms with E-state index < -0.39 is 6.03 Å². The Kier molecular flexibility index (Phi) is 5.35. The number of primary amides is 1. The lowest BCUT2D eigenvalue weighted by atomic mass is 10.2. The molecule has 1 aromatic heterocycles. The Morgan fingerprint density at radius 2 is 2.16 bits per heavy atom. The summed E-state index contributed by atoms with van der Waals surface area (Å²) in [5.41, 5.74) is 8.44. The standard InChI is InChI=1S/C13H20N4OS/c14-13(18)16-15-8-12-7-11(10-19-12)9-17-5-3-1-2-4-6-17/h7-8,10H,1-6,9H2,(H3,14,16,18)/b15-8-. The molecule has 0 bridgehead atoms. The van der Waals surface area contributed by atoms with Gasteiger partial charge in [0.1, 0.15) is 0 Å². The Labute approximate surface area is 117 Å². The van der Waals surface area contributed by atoms with Crippen LogP contribution in [0.1, 0.15) is 36.1 Å². The highest BCUT2D eigenvalue weighted by Crippen LogP contribution is 2.17. The average Bonchev–Trinajstić information content (AvgIpc) is 2.65. The molecule has 0 spiro atoms. The van der Waals surface area contributed by atoms with E-state index in [2.05, 4.69) is 26.9 Å². The van der Waals surface area contributed by atoms with Gasteiger partial charge in [0.15, 0.2) is 0 Å². The molecule has 6 heteroatoms. The van der Waals surface area contributed by atoms with Crippen LogP contribution in [-0.2, 0) is 6.54 Å². The highest BCUT2D eigenvalue weighted by Gasteiger charge is 2.10. The van der Waals surface area contributed by atoms with Crippen LogP contribution in [0.3, 0.4) is 0 Å². The van der Waals surface area contributed by atoms with Crippen LogP contribution in [-0.4, -0.2) is 30.2 Å². The zero-order chi connectivity index (χ0) is 13.5. The lowest BCUT2D eigenvalue weighted by Crippen LogP contribution is -2.24. The Balaban J connectivity index is 1.85. The molecule has 0 aromatic carbocycles. The molecule has 2 rings (SSSR count). The number of nitrogens with one attached hydrogen (secondary N) is 1. The summed E-state index contributed by atoms with van der Waals surface area (Å²) in [5, 5.41) is 5.91. The highest BCUT2D eigenvalue weighted by molar-refractivity contribution is 7.11. The second-order valence-electron chi connectivity index (χ2n) is 4.78. The maximum atomic E-state index is 10.5. The highest BCUT2D eigenvalue weighted by atomic mass is 32.1. The second kappa shape index (κ2) is 7.25. The fourth-order valence-corrected chi connectivity index (χ4v) is 3.02. The Morgan fingerprint density at radius 3 is 2.84 bits per heavy atom. The van der Waals surface area contributed by atoms with Gasteiger partial charge in [-0.25, -0.2) is 10.2 Å². The fraction of sp³-hybridized carbons (Fsp3) is 0.538. The van der Waals surface area contributed by atoms with Crippen molar-refractivity contribution in [3.63, 3.8) is 0 Å². The molecule has 2 heterocycles. The smallest absolute Gasteiger partial charge is 0.332 e. The second-order valence-corrected chi connectivity index (χ2v) is 5.72. The molecule has 5 nitrogen and oxygen atoms in total. The van der Waals surface area contributed by atoms with Gasteiger partial charge in [-0.1, -0.05) is 12.8 Å². The molecule has 3 N–H and O–H groups in total. The molecule has 0 radical (unpaired) electrons. The first-order valence-corrected chi connectivity index (χ1v) is 7.50. The number of urea groups is 1. The molecular formula is C13H20N4OS. The molecule has 104 valence electrons. The van der Waals surface area contributed by atoms with Gasteiger partial charge in [0.25, 0.3) is 0 Å². The molecule has 1 saturated heterocycles. The number of thiophene rings is 1. The molecule has 0 unspecified atom stereocenters. The van der Waals surface area contributed by atoms with E-state index in [1.54, 1.807) is 17.6 Å². The van der Waals surface area contributed by atoms with Crippen molar-refractivity contribution in [3.05, 3.63) is 21.9 Å². The number of hydrogen-bond donors (Lipinski definition) is 2. The zero-order valence-electron chi connectivity index (χ0n) is 11.0. The van der Waals surface area contributed by atoms with Gasteiger partial charge < -0.3 is 5.73 Å². The Morgan fingerprint density at radius 1 is 1.42 bits per heavy atom. The lowest BCUT2D eigenvalue weighted by Gasteiger charge is -2.18.